The monoisotopic (exact) mass is 309 g/mol. The second-order valence-corrected chi connectivity index (χ2v) is 6.49. The molecule has 2 heteroatoms. The van der Waals surface area contributed by atoms with Gasteiger partial charge in [-0.2, -0.15) is 0 Å². The molecule has 1 atom stereocenters. The van der Waals surface area contributed by atoms with Crippen LogP contribution in [0.3, 0.4) is 0 Å². The van der Waals surface area contributed by atoms with Crippen LogP contribution in [0.4, 0.5) is 0 Å². The smallest absolute Gasteiger partial charge is 0.212 e. The minimum absolute atomic E-state index is 0.418. The molecule has 0 aliphatic carbocycles. The van der Waals surface area contributed by atoms with Gasteiger partial charge in [-0.3, -0.25) is 0 Å². The lowest BCUT2D eigenvalue weighted by atomic mass is 9.89. The molecule has 122 valence electrons. The number of hydrogen-bond donors (Lipinski definition) is 0. The fourth-order valence-electron chi connectivity index (χ4n) is 2.92. The number of benzene rings is 1. The van der Waals surface area contributed by atoms with Crippen LogP contribution >= 0.6 is 0 Å². The Labute approximate surface area is 140 Å². The van der Waals surface area contributed by atoms with E-state index in [1.165, 1.54) is 22.3 Å². The quantitative estimate of drug-likeness (QED) is 0.703. The van der Waals surface area contributed by atoms with E-state index in [2.05, 4.69) is 69.1 Å². The molecule has 0 fully saturated rings. The van der Waals surface area contributed by atoms with E-state index in [0.29, 0.717) is 17.7 Å². The summed E-state index contributed by atoms with van der Waals surface area (Å²) in [4.78, 5) is 4.32. The molecule has 0 saturated heterocycles. The van der Waals surface area contributed by atoms with Crippen molar-refractivity contribution in [3.63, 3.8) is 0 Å². The third-order valence-electron chi connectivity index (χ3n) is 4.09. The summed E-state index contributed by atoms with van der Waals surface area (Å²) in [5, 5.41) is 0. The fraction of sp³-hybridized carbons (Fsp3) is 0.381. The van der Waals surface area contributed by atoms with E-state index < -0.39 is 0 Å². The zero-order valence-electron chi connectivity index (χ0n) is 14.8. The Balaban J connectivity index is 2.22. The number of nitrogens with zero attached hydrogens (tertiary/aromatic N) is 1. The summed E-state index contributed by atoms with van der Waals surface area (Å²) in [6, 6.07) is 12.7. The molecule has 1 unspecified atom stereocenters. The van der Waals surface area contributed by atoms with E-state index in [1.54, 1.807) is 7.11 Å². The van der Waals surface area contributed by atoms with Crippen molar-refractivity contribution < 1.29 is 4.74 Å². The minimum atomic E-state index is 0.418. The summed E-state index contributed by atoms with van der Waals surface area (Å²) in [5.41, 5.74) is 5.35. The SMILES string of the molecule is COc1ccc(C(C)Cc2ccccc2/C(C)=C\C(C)C)cn1. The zero-order valence-corrected chi connectivity index (χ0v) is 14.8. The molecule has 2 nitrogen and oxygen atoms in total. The highest BCUT2D eigenvalue weighted by molar-refractivity contribution is 5.66. The van der Waals surface area contributed by atoms with E-state index >= 15 is 0 Å². The molecule has 0 saturated carbocycles. The third kappa shape index (κ3) is 4.69. The largest absolute Gasteiger partial charge is 0.481 e. The standard InChI is InChI=1S/C21H27NO/c1-15(2)12-17(4)20-9-7-6-8-18(20)13-16(3)19-10-11-21(23-5)22-14-19/h6-12,14-16H,13H2,1-5H3/b17-12-. The first-order valence-corrected chi connectivity index (χ1v) is 8.28. The van der Waals surface area contributed by atoms with Crippen LogP contribution in [0.1, 0.15) is 50.3 Å². The van der Waals surface area contributed by atoms with Gasteiger partial charge in [0.05, 0.1) is 7.11 Å². The molecular weight excluding hydrogens is 282 g/mol. The average Bonchev–Trinajstić information content (AvgIpc) is 2.54. The fourth-order valence-corrected chi connectivity index (χ4v) is 2.92. The molecule has 1 aromatic heterocycles. The van der Waals surface area contributed by atoms with Crippen LogP contribution in [-0.2, 0) is 6.42 Å². The molecule has 0 aliphatic rings. The highest BCUT2D eigenvalue weighted by atomic mass is 16.5. The average molecular weight is 309 g/mol. The van der Waals surface area contributed by atoms with Gasteiger partial charge in [0.15, 0.2) is 0 Å². The van der Waals surface area contributed by atoms with Gasteiger partial charge in [-0.05, 0) is 47.4 Å². The number of ether oxygens (including phenoxy) is 1. The van der Waals surface area contributed by atoms with Gasteiger partial charge in [-0.15, -0.1) is 0 Å². The van der Waals surface area contributed by atoms with Gasteiger partial charge in [0.1, 0.15) is 0 Å². The summed E-state index contributed by atoms with van der Waals surface area (Å²) in [6.45, 7) is 8.90. The number of rotatable bonds is 6. The lowest BCUT2D eigenvalue weighted by Gasteiger charge is -2.16. The molecule has 2 aromatic rings. The van der Waals surface area contributed by atoms with E-state index in [1.807, 2.05) is 12.3 Å². The van der Waals surface area contributed by atoms with Gasteiger partial charge in [-0.1, -0.05) is 57.2 Å². The van der Waals surface area contributed by atoms with Crippen molar-refractivity contribution in [2.45, 2.75) is 40.0 Å². The molecule has 0 bridgehead atoms. The number of aromatic nitrogens is 1. The van der Waals surface area contributed by atoms with Crippen molar-refractivity contribution in [1.29, 1.82) is 0 Å². The van der Waals surface area contributed by atoms with Crippen LogP contribution in [0.2, 0.25) is 0 Å². The Hall–Kier alpha value is -2.09. The lowest BCUT2D eigenvalue weighted by Crippen LogP contribution is -2.02. The second kappa shape index (κ2) is 7.96. The van der Waals surface area contributed by atoms with E-state index in [-0.39, 0.29) is 0 Å². The van der Waals surface area contributed by atoms with Crippen molar-refractivity contribution in [3.05, 3.63) is 65.4 Å². The number of hydrogen-bond acceptors (Lipinski definition) is 2. The second-order valence-electron chi connectivity index (χ2n) is 6.49. The molecule has 23 heavy (non-hydrogen) atoms. The first-order chi connectivity index (χ1) is 11.0. The Kier molecular flexibility index (Phi) is 5.97. The van der Waals surface area contributed by atoms with E-state index in [0.717, 1.165) is 6.42 Å². The van der Waals surface area contributed by atoms with Gasteiger partial charge >= 0.3 is 0 Å². The maximum atomic E-state index is 5.14. The lowest BCUT2D eigenvalue weighted by molar-refractivity contribution is 0.397. The first kappa shape index (κ1) is 17.3. The van der Waals surface area contributed by atoms with Gasteiger partial charge in [-0.25, -0.2) is 4.98 Å². The van der Waals surface area contributed by atoms with Crippen LogP contribution in [0, 0.1) is 5.92 Å². The highest BCUT2D eigenvalue weighted by Crippen LogP contribution is 2.27. The minimum Gasteiger partial charge on any atom is -0.481 e. The van der Waals surface area contributed by atoms with Gasteiger partial charge in [0.25, 0.3) is 0 Å². The topological polar surface area (TPSA) is 22.1 Å². The molecule has 0 N–H and O–H groups in total. The normalized spacial score (nSPS) is 13.2. The number of pyridine rings is 1. The number of methoxy groups -OCH3 is 1. The van der Waals surface area contributed by atoms with Crippen LogP contribution in [-0.4, -0.2) is 12.1 Å². The van der Waals surface area contributed by atoms with E-state index in [9.17, 15) is 0 Å². The van der Waals surface area contributed by atoms with E-state index in [4.69, 9.17) is 4.74 Å². The summed E-state index contributed by atoms with van der Waals surface area (Å²) in [5.74, 6) is 1.64. The van der Waals surface area contributed by atoms with Crippen molar-refractivity contribution in [2.75, 3.05) is 7.11 Å². The summed E-state index contributed by atoms with van der Waals surface area (Å²) >= 11 is 0. The predicted octanol–water partition coefficient (Wildman–Crippen LogP) is 5.50. The Morgan fingerprint density at radius 2 is 1.87 bits per heavy atom. The predicted molar refractivity (Wildman–Crippen MR) is 97.8 cm³/mol. The van der Waals surface area contributed by atoms with Crippen molar-refractivity contribution in [2.24, 2.45) is 5.92 Å². The Morgan fingerprint density at radius 3 is 2.48 bits per heavy atom. The maximum Gasteiger partial charge on any atom is 0.212 e. The summed E-state index contributed by atoms with van der Waals surface area (Å²) in [6.07, 6.45) is 5.26. The van der Waals surface area contributed by atoms with Crippen LogP contribution in [0.25, 0.3) is 5.57 Å². The Morgan fingerprint density at radius 1 is 1.13 bits per heavy atom. The molecule has 0 spiro atoms. The van der Waals surface area contributed by atoms with Gasteiger partial charge in [0.2, 0.25) is 5.88 Å². The maximum absolute atomic E-state index is 5.14. The highest BCUT2D eigenvalue weighted by Gasteiger charge is 2.11. The molecular formula is C21H27NO. The molecule has 0 radical (unpaired) electrons. The molecule has 0 amide bonds. The van der Waals surface area contributed by atoms with Crippen LogP contribution in [0.15, 0.2) is 48.7 Å². The summed E-state index contributed by atoms with van der Waals surface area (Å²) < 4.78 is 5.14. The molecule has 2 rings (SSSR count). The molecule has 0 aliphatic heterocycles. The van der Waals surface area contributed by atoms with Crippen molar-refractivity contribution in [1.82, 2.24) is 4.98 Å². The summed E-state index contributed by atoms with van der Waals surface area (Å²) in [7, 11) is 1.64. The number of allylic oxidation sites excluding steroid dienone is 2. The van der Waals surface area contributed by atoms with Crippen LogP contribution < -0.4 is 4.74 Å². The molecule has 1 aromatic carbocycles. The molecule has 1 heterocycles. The zero-order chi connectivity index (χ0) is 16.8. The van der Waals surface area contributed by atoms with Crippen molar-refractivity contribution in [3.8, 4) is 5.88 Å². The van der Waals surface area contributed by atoms with Crippen LogP contribution in [0.5, 0.6) is 5.88 Å². The Bertz CT molecular complexity index is 656. The first-order valence-electron chi connectivity index (χ1n) is 8.28. The van der Waals surface area contributed by atoms with Gasteiger partial charge in [0, 0.05) is 12.3 Å². The third-order valence-corrected chi connectivity index (χ3v) is 4.09. The van der Waals surface area contributed by atoms with Gasteiger partial charge < -0.3 is 4.74 Å². The van der Waals surface area contributed by atoms with Crippen molar-refractivity contribution >= 4 is 5.57 Å².